The standard InChI is InChI=1S/C14H20ClN3O2/c1-11-9-16(2)6-3-7-17(11)10-12-8-13(18(19)20)4-5-14(12)15/h4-5,8,11H,3,6-7,9-10H2,1-2H3. The van der Waals surface area contributed by atoms with E-state index in [4.69, 9.17) is 11.6 Å². The number of hydrogen-bond acceptors (Lipinski definition) is 4. The first-order chi connectivity index (χ1) is 9.47. The van der Waals surface area contributed by atoms with Gasteiger partial charge in [0.25, 0.3) is 5.69 Å². The maximum absolute atomic E-state index is 10.9. The summed E-state index contributed by atoms with van der Waals surface area (Å²) in [5.74, 6) is 0. The molecule has 0 radical (unpaired) electrons. The van der Waals surface area contributed by atoms with Gasteiger partial charge in [0.05, 0.1) is 4.92 Å². The Labute approximate surface area is 124 Å². The molecule has 2 rings (SSSR count). The Hall–Kier alpha value is -1.17. The molecule has 1 unspecified atom stereocenters. The second kappa shape index (κ2) is 6.52. The van der Waals surface area contributed by atoms with E-state index in [9.17, 15) is 10.1 Å². The van der Waals surface area contributed by atoms with Gasteiger partial charge in [-0.1, -0.05) is 11.6 Å². The first-order valence-electron chi connectivity index (χ1n) is 6.83. The lowest BCUT2D eigenvalue weighted by molar-refractivity contribution is -0.384. The van der Waals surface area contributed by atoms with Crippen LogP contribution in [0.2, 0.25) is 5.02 Å². The molecule has 1 atom stereocenters. The van der Waals surface area contributed by atoms with Crippen LogP contribution in [0.1, 0.15) is 18.9 Å². The Bertz CT molecular complexity index is 495. The fraction of sp³-hybridized carbons (Fsp3) is 0.571. The van der Waals surface area contributed by atoms with Crippen LogP contribution in [0.5, 0.6) is 0 Å². The quantitative estimate of drug-likeness (QED) is 0.636. The van der Waals surface area contributed by atoms with Gasteiger partial charge in [-0.25, -0.2) is 0 Å². The van der Waals surface area contributed by atoms with E-state index in [1.165, 1.54) is 6.07 Å². The third-order valence-electron chi connectivity index (χ3n) is 3.80. The highest BCUT2D eigenvalue weighted by molar-refractivity contribution is 6.31. The van der Waals surface area contributed by atoms with Gasteiger partial charge in [-0.2, -0.15) is 0 Å². The van der Waals surface area contributed by atoms with E-state index in [-0.39, 0.29) is 10.6 Å². The molecule has 5 nitrogen and oxygen atoms in total. The van der Waals surface area contributed by atoms with Crippen molar-refractivity contribution in [3.63, 3.8) is 0 Å². The van der Waals surface area contributed by atoms with Crippen LogP contribution in [0.25, 0.3) is 0 Å². The van der Waals surface area contributed by atoms with E-state index >= 15 is 0 Å². The van der Waals surface area contributed by atoms with Gasteiger partial charge in [0.2, 0.25) is 0 Å². The van der Waals surface area contributed by atoms with E-state index in [0.29, 0.717) is 17.6 Å². The summed E-state index contributed by atoms with van der Waals surface area (Å²) < 4.78 is 0. The fourth-order valence-electron chi connectivity index (χ4n) is 2.67. The van der Waals surface area contributed by atoms with Crippen LogP contribution in [0.3, 0.4) is 0 Å². The SMILES string of the molecule is CC1CN(C)CCCN1Cc1cc([N+](=O)[O-])ccc1Cl. The van der Waals surface area contributed by atoms with E-state index < -0.39 is 0 Å². The molecule has 0 amide bonds. The van der Waals surface area contributed by atoms with Gasteiger partial charge < -0.3 is 4.90 Å². The zero-order valence-electron chi connectivity index (χ0n) is 11.9. The summed E-state index contributed by atoms with van der Waals surface area (Å²) >= 11 is 6.18. The molecule has 1 aliphatic rings. The number of likely N-dealkylation sites (N-methyl/N-ethyl adjacent to an activating group) is 1. The zero-order valence-corrected chi connectivity index (χ0v) is 12.6. The highest BCUT2D eigenvalue weighted by Gasteiger charge is 2.21. The fourth-order valence-corrected chi connectivity index (χ4v) is 2.85. The molecule has 110 valence electrons. The highest BCUT2D eigenvalue weighted by atomic mass is 35.5. The van der Waals surface area contributed by atoms with Crippen LogP contribution < -0.4 is 0 Å². The van der Waals surface area contributed by atoms with Crippen LogP contribution in [0.4, 0.5) is 5.69 Å². The van der Waals surface area contributed by atoms with Crippen molar-refractivity contribution in [1.82, 2.24) is 9.80 Å². The van der Waals surface area contributed by atoms with Crippen molar-refractivity contribution in [2.45, 2.75) is 25.9 Å². The van der Waals surface area contributed by atoms with Crippen molar-refractivity contribution in [2.24, 2.45) is 0 Å². The Morgan fingerprint density at radius 2 is 2.20 bits per heavy atom. The molecule has 0 bridgehead atoms. The molecule has 20 heavy (non-hydrogen) atoms. The van der Waals surface area contributed by atoms with Gasteiger partial charge in [-0.05, 0) is 38.6 Å². The molecule has 0 saturated carbocycles. The van der Waals surface area contributed by atoms with Gasteiger partial charge in [-0.15, -0.1) is 0 Å². The lowest BCUT2D eigenvalue weighted by Crippen LogP contribution is -2.37. The molecule has 0 aromatic heterocycles. The van der Waals surface area contributed by atoms with Crippen molar-refractivity contribution >= 4 is 17.3 Å². The number of nitro benzene ring substituents is 1. The summed E-state index contributed by atoms with van der Waals surface area (Å²) in [6.07, 6.45) is 1.10. The van der Waals surface area contributed by atoms with Crippen LogP contribution in [-0.2, 0) is 6.54 Å². The Balaban J connectivity index is 2.16. The van der Waals surface area contributed by atoms with E-state index in [0.717, 1.165) is 31.6 Å². The number of non-ortho nitro benzene ring substituents is 1. The van der Waals surface area contributed by atoms with E-state index in [1.54, 1.807) is 12.1 Å². The number of halogens is 1. The molecular weight excluding hydrogens is 278 g/mol. The minimum absolute atomic E-state index is 0.101. The van der Waals surface area contributed by atoms with E-state index in [1.807, 2.05) is 0 Å². The molecule has 0 N–H and O–H groups in total. The van der Waals surface area contributed by atoms with Gasteiger partial charge in [0, 0.05) is 42.8 Å². The Morgan fingerprint density at radius 3 is 2.90 bits per heavy atom. The van der Waals surface area contributed by atoms with Crippen molar-refractivity contribution in [3.05, 3.63) is 38.9 Å². The zero-order chi connectivity index (χ0) is 14.7. The van der Waals surface area contributed by atoms with Gasteiger partial charge in [-0.3, -0.25) is 15.0 Å². The molecule has 0 aliphatic carbocycles. The van der Waals surface area contributed by atoms with Gasteiger partial charge in [0.1, 0.15) is 0 Å². The highest BCUT2D eigenvalue weighted by Crippen LogP contribution is 2.24. The maximum atomic E-state index is 10.9. The number of hydrogen-bond donors (Lipinski definition) is 0. The summed E-state index contributed by atoms with van der Waals surface area (Å²) in [7, 11) is 2.13. The molecular formula is C14H20ClN3O2. The van der Waals surface area contributed by atoms with Crippen molar-refractivity contribution in [3.8, 4) is 0 Å². The molecule has 1 fully saturated rings. The maximum Gasteiger partial charge on any atom is 0.269 e. The van der Waals surface area contributed by atoms with Crippen LogP contribution in [0.15, 0.2) is 18.2 Å². The lowest BCUT2D eigenvalue weighted by Gasteiger charge is -2.28. The van der Waals surface area contributed by atoms with Gasteiger partial charge in [0.15, 0.2) is 0 Å². The average molecular weight is 298 g/mol. The van der Waals surface area contributed by atoms with Crippen molar-refractivity contribution < 1.29 is 4.92 Å². The lowest BCUT2D eigenvalue weighted by atomic mass is 10.1. The third kappa shape index (κ3) is 3.69. The first-order valence-corrected chi connectivity index (χ1v) is 7.20. The number of nitrogens with zero attached hydrogens (tertiary/aromatic N) is 3. The van der Waals surface area contributed by atoms with Crippen LogP contribution >= 0.6 is 11.6 Å². The molecule has 1 aliphatic heterocycles. The molecule has 1 saturated heterocycles. The predicted octanol–water partition coefficient (Wildman–Crippen LogP) is 2.77. The monoisotopic (exact) mass is 297 g/mol. The molecule has 1 aromatic carbocycles. The van der Waals surface area contributed by atoms with Crippen molar-refractivity contribution in [1.29, 1.82) is 0 Å². The molecule has 6 heteroatoms. The second-order valence-corrected chi connectivity index (χ2v) is 5.88. The number of nitro groups is 1. The topological polar surface area (TPSA) is 49.6 Å². The number of rotatable bonds is 3. The molecule has 0 spiro atoms. The normalized spacial score (nSPS) is 21.6. The summed E-state index contributed by atoms with van der Waals surface area (Å²) in [5, 5.41) is 11.5. The van der Waals surface area contributed by atoms with Crippen LogP contribution in [0, 0.1) is 10.1 Å². The minimum Gasteiger partial charge on any atom is -0.305 e. The van der Waals surface area contributed by atoms with Gasteiger partial charge >= 0.3 is 0 Å². The average Bonchev–Trinajstić information content (AvgIpc) is 2.53. The van der Waals surface area contributed by atoms with E-state index in [2.05, 4.69) is 23.8 Å². The first kappa shape index (κ1) is 15.2. The molecule has 1 aromatic rings. The Morgan fingerprint density at radius 1 is 1.45 bits per heavy atom. The smallest absolute Gasteiger partial charge is 0.269 e. The largest absolute Gasteiger partial charge is 0.305 e. The number of benzene rings is 1. The van der Waals surface area contributed by atoms with Crippen molar-refractivity contribution in [2.75, 3.05) is 26.7 Å². The summed E-state index contributed by atoms with van der Waals surface area (Å²) in [4.78, 5) is 15.1. The third-order valence-corrected chi connectivity index (χ3v) is 4.17. The summed E-state index contributed by atoms with van der Waals surface area (Å²) in [6, 6.07) is 5.07. The Kier molecular flexibility index (Phi) is 4.96. The molecule has 1 heterocycles. The summed E-state index contributed by atoms with van der Waals surface area (Å²) in [5.41, 5.74) is 0.932. The predicted molar refractivity (Wildman–Crippen MR) is 80.1 cm³/mol. The van der Waals surface area contributed by atoms with Crippen LogP contribution in [-0.4, -0.2) is 47.4 Å². The second-order valence-electron chi connectivity index (χ2n) is 5.47. The minimum atomic E-state index is -0.376. The summed E-state index contributed by atoms with van der Waals surface area (Å²) in [6.45, 7) is 5.93.